The summed E-state index contributed by atoms with van der Waals surface area (Å²) in [6, 6.07) is 3.48. The van der Waals surface area contributed by atoms with E-state index in [1.807, 2.05) is 28.7 Å². The highest BCUT2D eigenvalue weighted by molar-refractivity contribution is 14.1. The molecule has 2 nitrogen and oxygen atoms in total. The van der Waals surface area contributed by atoms with Gasteiger partial charge in [-0.3, -0.25) is 0 Å². The minimum atomic E-state index is 0.227. The SMILES string of the molecule is C=Cc1cc(O)c(I)c(OC)c1. The standard InChI is InChI=1S/C9H9IO2/c1-3-6-4-7(11)9(10)8(5-6)12-2/h3-5,11H,1H2,2H3. The zero-order valence-electron chi connectivity index (χ0n) is 6.67. The molecule has 1 N–H and O–H groups in total. The Morgan fingerprint density at radius 1 is 1.58 bits per heavy atom. The summed E-state index contributed by atoms with van der Waals surface area (Å²) in [5, 5.41) is 9.41. The van der Waals surface area contributed by atoms with Crippen LogP contribution >= 0.6 is 22.6 Å². The zero-order chi connectivity index (χ0) is 9.14. The van der Waals surface area contributed by atoms with Crippen molar-refractivity contribution in [1.82, 2.24) is 0 Å². The molecule has 1 aromatic rings. The molecule has 0 aromatic heterocycles. The van der Waals surface area contributed by atoms with Crippen LogP contribution in [-0.4, -0.2) is 12.2 Å². The van der Waals surface area contributed by atoms with Crippen LogP contribution in [-0.2, 0) is 0 Å². The number of aromatic hydroxyl groups is 1. The number of hydrogen-bond acceptors (Lipinski definition) is 2. The molecular formula is C9H9IO2. The molecular weight excluding hydrogens is 267 g/mol. The van der Waals surface area contributed by atoms with E-state index in [1.54, 1.807) is 19.3 Å². The first-order valence-electron chi connectivity index (χ1n) is 3.38. The van der Waals surface area contributed by atoms with Gasteiger partial charge in [-0.2, -0.15) is 0 Å². The predicted molar refractivity (Wildman–Crippen MR) is 57.5 cm³/mol. The summed E-state index contributed by atoms with van der Waals surface area (Å²) in [4.78, 5) is 0. The van der Waals surface area contributed by atoms with Crippen molar-refractivity contribution >= 4 is 28.7 Å². The second-order valence-corrected chi connectivity index (χ2v) is 3.34. The van der Waals surface area contributed by atoms with Crippen molar-refractivity contribution in [3.05, 3.63) is 27.8 Å². The lowest BCUT2D eigenvalue weighted by atomic mass is 10.2. The molecule has 12 heavy (non-hydrogen) atoms. The van der Waals surface area contributed by atoms with Gasteiger partial charge in [-0.05, 0) is 40.3 Å². The maximum Gasteiger partial charge on any atom is 0.136 e. The highest BCUT2D eigenvalue weighted by Crippen LogP contribution is 2.31. The topological polar surface area (TPSA) is 29.5 Å². The largest absolute Gasteiger partial charge is 0.507 e. The Balaban J connectivity index is 3.28. The summed E-state index contributed by atoms with van der Waals surface area (Å²) in [6.45, 7) is 3.61. The second kappa shape index (κ2) is 3.80. The number of ether oxygens (including phenoxy) is 1. The molecule has 0 aliphatic rings. The Morgan fingerprint density at radius 2 is 2.25 bits per heavy atom. The van der Waals surface area contributed by atoms with Crippen LogP contribution in [0.2, 0.25) is 0 Å². The first-order chi connectivity index (χ1) is 5.69. The summed E-state index contributed by atoms with van der Waals surface area (Å²) >= 11 is 2.03. The van der Waals surface area contributed by atoms with E-state index >= 15 is 0 Å². The Bertz CT molecular complexity index is 308. The molecule has 0 aliphatic heterocycles. The van der Waals surface area contributed by atoms with Gasteiger partial charge in [-0.1, -0.05) is 12.7 Å². The van der Waals surface area contributed by atoms with E-state index in [4.69, 9.17) is 4.74 Å². The lowest BCUT2D eigenvalue weighted by Gasteiger charge is -2.05. The van der Waals surface area contributed by atoms with Crippen LogP contribution in [0.5, 0.6) is 11.5 Å². The van der Waals surface area contributed by atoms with Gasteiger partial charge in [0.1, 0.15) is 11.5 Å². The average Bonchev–Trinajstić information content (AvgIpc) is 2.09. The van der Waals surface area contributed by atoms with Gasteiger partial charge in [-0.15, -0.1) is 0 Å². The van der Waals surface area contributed by atoms with Gasteiger partial charge in [0.15, 0.2) is 0 Å². The van der Waals surface area contributed by atoms with Crippen LogP contribution in [0.3, 0.4) is 0 Å². The second-order valence-electron chi connectivity index (χ2n) is 2.26. The molecule has 3 heteroatoms. The van der Waals surface area contributed by atoms with Crippen LogP contribution < -0.4 is 4.74 Å². The summed E-state index contributed by atoms with van der Waals surface area (Å²) in [6.07, 6.45) is 1.66. The van der Waals surface area contributed by atoms with Crippen LogP contribution in [0, 0.1) is 3.57 Å². The smallest absolute Gasteiger partial charge is 0.136 e. The van der Waals surface area contributed by atoms with Crippen molar-refractivity contribution < 1.29 is 9.84 Å². The molecule has 1 aromatic carbocycles. The summed E-state index contributed by atoms with van der Waals surface area (Å²) in [5.41, 5.74) is 0.852. The van der Waals surface area contributed by atoms with Crippen molar-refractivity contribution in [3.8, 4) is 11.5 Å². The molecule has 0 saturated heterocycles. The number of phenolic OH excluding ortho intramolecular Hbond substituents is 1. The molecule has 0 bridgehead atoms. The molecule has 0 spiro atoms. The Labute approximate surface area is 85.0 Å². The monoisotopic (exact) mass is 276 g/mol. The normalized spacial score (nSPS) is 9.50. The van der Waals surface area contributed by atoms with Gasteiger partial charge < -0.3 is 9.84 Å². The van der Waals surface area contributed by atoms with Gasteiger partial charge in [0.25, 0.3) is 0 Å². The minimum absolute atomic E-state index is 0.227. The number of methoxy groups -OCH3 is 1. The van der Waals surface area contributed by atoms with Gasteiger partial charge >= 0.3 is 0 Å². The lowest BCUT2D eigenvalue weighted by molar-refractivity contribution is 0.403. The molecule has 0 atom stereocenters. The Kier molecular flexibility index (Phi) is 2.97. The Hall–Kier alpha value is -0.710. The van der Waals surface area contributed by atoms with Gasteiger partial charge in [0, 0.05) is 0 Å². The predicted octanol–water partition coefficient (Wildman–Crippen LogP) is 2.65. The molecule has 0 amide bonds. The van der Waals surface area contributed by atoms with Gasteiger partial charge in [0.05, 0.1) is 10.7 Å². The zero-order valence-corrected chi connectivity index (χ0v) is 8.83. The van der Waals surface area contributed by atoms with E-state index in [0.29, 0.717) is 5.75 Å². The number of hydrogen-bond donors (Lipinski definition) is 1. The van der Waals surface area contributed by atoms with Crippen molar-refractivity contribution in [3.63, 3.8) is 0 Å². The molecule has 0 saturated carbocycles. The van der Waals surface area contributed by atoms with E-state index in [-0.39, 0.29) is 5.75 Å². The van der Waals surface area contributed by atoms with Crippen LogP contribution in [0.1, 0.15) is 5.56 Å². The maximum atomic E-state index is 9.41. The summed E-state index contributed by atoms with van der Waals surface area (Å²) in [5.74, 6) is 0.898. The molecule has 0 aliphatic carbocycles. The van der Waals surface area contributed by atoms with E-state index < -0.39 is 0 Å². The maximum absolute atomic E-state index is 9.41. The summed E-state index contributed by atoms with van der Waals surface area (Å²) < 4.78 is 5.78. The fourth-order valence-electron chi connectivity index (χ4n) is 0.870. The molecule has 0 unspecified atom stereocenters. The average molecular weight is 276 g/mol. The third-order valence-corrected chi connectivity index (χ3v) is 2.58. The first kappa shape index (κ1) is 9.38. The van der Waals surface area contributed by atoms with Crippen molar-refractivity contribution in [2.45, 2.75) is 0 Å². The minimum Gasteiger partial charge on any atom is -0.507 e. The molecule has 0 heterocycles. The fourth-order valence-corrected chi connectivity index (χ4v) is 1.40. The van der Waals surface area contributed by atoms with Crippen molar-refractivity contribution in [2.24, 2.45) is 0 Å². The molecule has 0 fully saturated rings. The van der Waals surface area contributed by atoms with Crippen molar-refractivity contribution in [1.29, 1.82) is 0 Å². The number of halogens is 1. The van der Waals surface area contributed by atoms with Crippen LogP contribution in [0.4, 0.5) is 0 Å². The third kappa shape index (κ3) is 1.72. The van der Waals surface area contributed by atoms with E-state index in [2.05, 4.69) is 6.58 Å². The highest BCUT2D eigenvalue weighted by atomic mass is 127. The van der Waals surface area contributed by atoms with Gasteiger partial charge in [-0.25, -0.2) is 0 Å². The molecule has 64 valence electrons. The highest BCUT2D eigenvalue weighted by Gasteiger charge is 2.05. The summed E-state index contributed by atoms with van der Waals surface area (Å²) in [7, 11) is 1.57. The number of rotatable bonds is 2. The van der Waals surface area contributed by atoms with Crippen LogP contribution in [0.15, 0.2) is 18.7 Å². The first-order valence-corrected chi connectivity index (χ1v) is 4.46. The van der Waals surface area contributed by atoms with E-state index in [9.17, 15) is 5.11 Å². The van der Waals surface area contributed by atoms with E-state index in [0.717, 1.165) is 9.13 Å². The fraction of sp³-hybridized carbons (Fsp3) is 0.111. The third-order valence-electron chi connectivity index (χ3n) is 1.50. The van der Waals surface area contributed by atoms with Crippen molar-refractivity contribution in [2.75, 3.05) is 7.11 Å². The van der Waals surface area contributed by atoms with Crippen LogP contribution in [0.25, 0.3) is 6.08 Å². The number of benzene rings is 1. The number of phenols is 1. The van der Waals surface area contributed by atoms with E-state index in [1.165, 1.54) is 0 Å². The Morgan fingerprint density at radius 3 is 2.75 bits per heavy atom. The quantitative estimate of drug-likeness (QED) is 0.841. The van der Waals surface area contributed by atoms with Gasteiger partial charge in [0.2, 0.25) is 0 Å². The molecule has 0 radical (unpaired) electrons. The molecule has 1 rings (SSSR count). The lowest BCUT2D eigenvalue weighted by Crippen LogP contribution is -1.88.